The molecular weight excluding hydrogens is 502 g/mol. The van der Waals surface area contributed by atoms with E-state index in [0.717, 1.165) is 38.2 Å². The largest absolute Gasteiger partial charge is 0.417 e. The highest BCUT2D eigenvalue weighted by atomic mass is 19.4. The first-order chi connectivity index (χ1) is 18.4. The molecule has 0 aliphatic carbocycles. The van der Waals surface area contributed by atoms with Gasteiger partial charge in [0, 0.05) is 30.5 Å². The molecule has 13 heteroatoms. The van der Waals surface area contributed by atoms with E-state index >= 15 is 0 Å². The van der Waals surface area contributed by atoms with Crippen molar-refractivity contribution in [2.75, 3.05) is 30.3 Å². The first kappa shape index (κ1) is 25.6. The number of likely N-dealkylation sites (N-methyl/N-ethyl adjacent to an activating group) is 1. The Balaban J connectivity index is 1.36. The van der Waals surface area contributed by atoms with Crippen LogP contribution in [0.25, 0.3) is 22.6 Å². The SMILES string of the molecule is CCN1CCCC1CNc1cc(CF)c(-c2cnc3c(Nc4ccc(C(F)(F)F)cn4)ccnc3n2)nn1. The van der Waals surface area contributed by atoms with E-state index in [9.17, 15) is 17.6 Å². The molecule has 4 aromatic rings. The normalized spacial score (nSPS) is 16.2. The van der Waals surface area contributed by atoms with Crippen molar-refractivity contribution in [1.29, 1.82) is 0 Å². The summed E-state index contributed by atoms with van der Waals surface area (Å²) in [6, 6.07) is 5.80. The summed E-state index contributed by atoms with van der Waals surface area (Å²) < 4.78 is 52.4. The van der Waals surface area contributed by atoms with Gasteiger partial charge >= 0.3 is 6.18 Å². The van der Waals surface area contributed by atoms with Crippen LogP contribution < -0.4 is 10.6 Å². The summed E-state index contributed by atoms with van der Waals surface area (Å²) in [4.78, 5) is 19.4. The van der Waals surface area contributed by atoms with Crippen LogP contribution in [-0.4, -0.2) is 60.7 Å². The zero-order valence-corrected chi connectivity index (χ0v) is 20.5. The summed E-state index contributed by atoms with van der Waals surface area (Å²) in [6.45, 7) is 4.14. The number of hydrogen-bond donors (Lipinski definition) is 2. The smallest absolute Gasteiger partial charge is 0.367 e. The van der Waals surface area contributed by atoms with Crippen LogP contribution in [0.4, 0.5) is 34.9 Å². The zero-order chi connectivity index (χ0) is 26.7. The fourth-order valence-corrected chi connectivity index (χ4v) is 4.51. The van der Waals surface area contributed by atoms with E-state index in [1.54, 1.807) is 12.1 Å². The van der Waals surface area contributed by atoms with Crippen LogP contribution in [0.3, 0.4) is 0 Å². The van der Waals surface area contributed by atoms with Gasteiger partial charge in [-0.05, 0) is 50.2 Å². The van der Waals surface area contributed by atoms with Crippen LogP contribution in [0.2, 0.25) is 0 Å². The molecule has 0 radical (unpaired) electrons. The molecule has 1 saturated heterocycles. The molecule has 1 unspecified atom stereocenters. The Labute approximate surface area is 215 Å². The van der Waals surface area contributed by atoms with E-state index in [4.69, 9.17) is 0 Å². The maximum absolute atomic E-state index is 14.0. The molecule has 0 saturated carbocycles. The fourth-order valence-electron chi connectivity index (χ4n) is 4.51. The highest BCUT2D eigenvalue weighted by molar-refractivity contribution is 5.87. The Kier molecular flexibility index (Phi) is 7.27. The summed E-state index contributed by atoms with van der Waals surface area (Å²) in [5.74, 6) is 0.691. The van der Waals surface area contributed by atoms with Gasteiger partial charge in [0.05, 0.1) is 17.4 Å². The van der Waals surface area contributed by atoms with Gasteiger partial charge in [0.2, 0.25) is 0 Å². The monoisotopic (exact) mass is 527 g/mol. The van der Waals surface area contributed by atoms with E-state index in [-0.39, 0.29) is 17.2 Å². The highest BCUT2D eigenvalue weighted by Gasteiger charge is 2.30. The molecule has 0 amide bonds. The Morgan fingerprint density at radius 3 is 2.66 bits per heavy atom. The Morgan fingerprint density at radius 1 is 1.05 bits per heavy atom. The van der Waals surface area contributed by atoms with Gasteiger partial charge < -0.3 is 10.6 Å². The van der Waals surface area contributed by atoms with Crippen molar-refractivity contribution >= 4 is 28.5 Å². The Hall–Kier alpha value is -4.00. The molecule has 1 aliphatic heterocycles. The van der Waals surface area contributed by atoms with Crippen LogP contribution in [-0.2, 0) is 12.9 Å². The number of anilines is 3. The number of fused-ring (bicyclic) bond motifs is 1. The van der Waals surface area contributed by atoms with Crippen molar-refractivity contribution in [1.82, 2.24) is 35.0 Å². The zero-order valence-electron chi connectivity index (χ0n) is 20.5. The van der Waals surface area contributed by atoms with Gasteiger partial charge in [-0.15, -0.1) is 10.2 Å². The minimum atomic E-state index is -4.47. The van der Waals surface area contributed by atoms with Gasteiger partial charge in [0.15, 0.2) is 5.65 Å². The second kappa shape index (κ2) is 10.8. The molecule has 4 aromatic heterocycles. The quantitative estimate of drug-likeness (QED) is 0.306. The number of alkyl halides is 4. The number of aromatic nitrogens is 6. The fraction of sp³-hybridized carbons (Fsp3) is 0.360. The average molecular weight is 528 g/mol. The molecule has 38 heavy (non-hydrogen) atoms. The third kappa shape index (κ3) is 5.47. The number of rotatable bonds is 8. The molecule has 5 heterocycles. The van der Waals surface area contributed by atoms with Crippen LogP contribution >= 0.6 is 0 Å². The summed E-state index contributed by atoms with van der Waals surface area (Å²) in [5, 5.41) is 14.6. The predicted molar refractivity (Wildman–Crippen MR) is 134 cm³/mol. The van der Waals surface area contributed by atoms with E-state index < -0.39 is 18.4 Å². The van der Waals surface area contributed by atoms with E-state index in [0.29, 0.717) is 40.9 Å². The van der Waals surface area contributed by atoms with Gasteiger partial charge in [-0.3, -0.25) is 4.90 Å². The number of pyridine rings is 2. The van der Waals surface area contributed by atoms with Gasteiger partial charge in [-0.1, -0.05) is 6.92 Å². The molecule has 1 aliphatic rings. The molecule has 198 valence electrons. The van der Waals surface area contributed by atoms with Crippen molar-refractivity contribution in [2.24, 2.45) is 0 Å². The molecule has 1 atom stereocenters. The third-order valence-electron chi connectivity index (χ3n) is 6.48. The first-order valence-electron chi connectivity index (χ1n) is 12.2. The summed E-state index contributed by atoms with van der Waals surface area (Å²) >= 11 is 0. The van der Waals surface area contributed by atoms with Crippen LogP contribution in [0.1, 0.15) is 30.9 Å². The second-order valence-electron chi connectivity index (χ2n) is 8.88. The van der Waals surface area contributed by atoms with Gasteiger partial charge in [0.1, 0.15) is 35.2 Å². The van der Waals surface area contributed by atoms with Gasteiger partial charge in [0.25, 0.3) is 0 Å². The lowest BCUT2D eigenvalue weighted by Gasteiger charge is -2.23. The third-order valence-corrected chi connectivity index (χ3v) is 6.48. The average Bonchev–Trinajstić information content (AvgIpc) is 3.39. The van der Waals surface area contributed by atoms with Crippen LogP contribution in [0.15, 0.2) is 42.9 Å². The number of nitrogens with zero attached hydrogens (tertiary/aromatic N) is 7. The maximum Gasteiger partial charge on any atom is 0.417 e. The van der Waals surface area contributed by atoms with Gasteiger partial charge in [-0.2, -0.15) is 13.2 Å². The van der Waals surface area contributed by atoms with E-state index in [1.165, 1.54) is 18.5 Å². The first-order valence-corrected chi connectivity index (χ1v) is 12.2. The minimum absolute atomic E-state index is 0.199. The maximum atomic E-state index is 14.0. The lowest BCUT2D eigenvalue weighted by Crippen LogP contribution is -2.34. The predicted octanol–water partition coefficient (Wildman–Crippen LogP) is 5.00. The molecule has 0 aromatic carbocycles. The van der Waals surface area contributed by atoms with Crippen molar-refractivity contribution in [3.05, 3.63) is 54.0 Å². The summed E-state index contributed by atoms with van der Waals surface area (Å²) in [6.07, 6.45) is 1.45. The highest BCUT2D eigenvalue weighted by Crippen LogP contribution is 2.30. The minimum Gasteiger partial charge on any atom is -0.367 e. The van der Waals surface area contributed by atoms with Crippen LogP contribution in [0, 0.1) is 0 Å². The number of hydrogen-bond acceptors (Lipinski definition) is 9. The Morgan fingerprint density at radius 2 is 1.92 bits per heavy atom. The van der Waals surface area contributed by atoms with Gasteiger partial charge in [-0.25, -0.2) is 24.3 Å². The molecule has 9 nitrogen and oxygen atoms in total. The number of likely N-dealkylation sites (tertiary alicyclic amines) is 1. The van der Waals surface area contributed by atoms with Crippen LogP contribution in [0.5, 0.6) is 0 Å². The van der Waals surface area contributed by atoms with E-state index in [2.05, 4.69) is 52.6 Å². The standard InChI is InChI=1S/C25H25F4N9/c1-2-38-9-3-4-17(38)13-32-21-10-15(11-26)22(37-36-21)19-14-33-23-18(7-8-30-24(23)35-19)34-20-6-5-16(12-31-20)25(27,28)29/h5-8,10,12,14,17H,2-4,9,11,13H2,1H3,(H,32,36)(H,30,31,34,35). The number of nitrogens with one attached hydrogen (secondary N) is 2. The van der Waals surface area contributed by atoms with Crippen molar-refractivity contribution in [3.8, 4) is 11.4 Å². The van der Waals surface area contributed by atoms with Crippen molar-refractivity contribution in [3.63, 3.8) is 0 Å². The summed E-state index contributed by atoms with van der Waals surface area (Å²) in [7, 11) is 0. The summed E-state index contributed by atoms with van der Waals surface area (Å²) in [5.41, 5.74) is 1.09. The molecule has 2 N–H and O–H groups in total. The molecule has 0 bridgehead atoms. The molecule has 5 rings (SSSR count). The second-order valence-corrected chi connectivity index (χ2v) is 8.88. The molecule has 1 fully saturated rings. The lowest BCUT2D eigenvalue weighted by molar-refractivity contribution is -0.137. The molecular formula is C25H25F4N9. The topological polar surface area (TPSA) is 105 Å². The van der Waals surface area contributed by atoms with Crippen molar-refractivity contribution < 1.29 is 17.6 Å². The van der Waals surface area contributed by atoms with Crippen molar-refractivity contribution in [2.45, 2.75) is 38.7 Å². The van der Waals surface area contributed by atoms with E-state index in [1.807, 2.05) is 0 Å². The molecule has 0 spiro atoms. The Bertz CT molecular complexity index is 1410. The number of halogens is 4. The lowest BCUT2D eigenvalue weighted by atomic mass is 10.1.